The van der Waals surface area contributed by atoms with Crippen molar-refractivity contribution in [3.05, 3.63) is 88.5 Å². The molecule has 0 aromatic heterocycles. The molecule has 11 heteroatoms. The lowest BCUT2D eigenvalue weighted by atomic mass is 10.0. The number of nitrogens with two attached hydrogens (primary N) is 2. The van der Waals surface area contributed by atoms with Crippen LogP contribution in [0, 0.1) is 0 Å². The van der Waals surface area contributed by atoms with Crippen molar-refractivity contribution in [2.24, 2.45) is 16.5 Å². The molecule has 11 nitrogen and oxygen atoms in total. The molecule has 0 aliphatic carbocycles. The molecule has 3 aromatic carbocycles. The van der Waals surface area contributed by atoms with Crippen molar-refractivity contribution >= 4 is 29.5 Å². The Hall–Kier alpha value is -4.90. The first-order valence-corrected chi connectivity index (χ1v) is 12.2. The Morgan fingerprint density at radius 3 is 2.59 bits per heavy atom. The van der Waals surface area contributed by atoms with E-state index in [1.165, 1.54) is 23.1 Å². The lowest BCUT2D eigenvalue weighted by Crippen LogP contribution is -2.33. The number of aromatic carboxylic acids is 1. The van der Waals surface area contributed by atoms with Crippen molar-refractivity contribution in [2.45, 2.75) is 19.4 Å². The minimum atomic E-state index is -1.09. The molecule has 202 valence electrons. The molecule has 4 rings (SSSR count). The summed E-state index contributed by atoms with van der Waals surface area (Å²) in [6.45, 7) is -0.0458. The number of aliphatic imine (C=N–C) groups is 1. The fourth-order valence-corrected chi connectivity index (χ4v) is 4.28. The minimum absolute atomic E-state index is 0.00884. The van der Waals surface area contributed by atoms with Gasteiger partial charge in [0.1, 0.15) is 0 Å². The summed E-state index contributed by atoms with van der Waals surface area (Å²) < 4.78 is 11.6. The Kier molecular flexibility index (Phi) is 8.42. The Morgan fingerprint density at radius 2 is 1.85 bits per heavy atom. The molecule has 39 heavy (non-hydrogen) atoms. The summed E-state index contributed by atoms with van der Waals surface area (Å²) in [6, 6.07) is 15.8. The van der Waals surface area contributed by atoms with Crippen LogP contribution in [0.5, 0.6) is 11.5 Å². The summed E-state index contributed by atoms with van der Waals surface area (Å²) >= 11 is 0. The molecule has 0 atom stereocenters. The van der Waals surface area contributed by atoms with Gasteiger partial charge in [-0.25, -0.2) is 14.6 Å². The summed E-state index contributed by atoms with van der Waals surface area (Å²) in [4.78, 5) is 43.5. The zero-order chi connectivity index (χ0) is 27.9. The molecule has 1 heterocycles. The molecular formula is C28H28N4O7. The maximum atomic E-state index is 13.6. The van der Waals surface area contributed by atoms with Gasteiger partial charge in [-0.2, -0.15) is 0 Å². The molecule has 0 fully saturated rings. The number of aryl methyl sites for hydroxylation is 1. The minimum Gasteiger partial charge on any atom is -0.489 e. The van der Waals surface area contributed by atoms with Gasteiger partial charge < -0.3 is 36.1 Å². The molecule has 0 spiro atoms. The second-order valence-corrected chi connectivity index (χ2v) is 8.81. The molecule has 0 saturated heterocycles. The second kappa shape index (κ2) is 12.1. The van der Waals surface area contributed by atoms with E-state index in [9.17, 15) is 24.6 Å². The van der Waals surface area contributed by atoms with Gasteiger partial charge in [0.15, 0.2) is 17.5 Å². The number of carboxylic acids is 1. The fourth-order valence-electron chi connectivity index (χ4n) is 4.28. The third kappa shape index (κ3) is 6.51. The van der Waals surface area contributed by atoms with E-state index >= 15 is 0 Å². The zero-order valence-corrected chi connectivity index (χ0v) is 21.0. The van der Waals surface area contributed by atoms with Gasteiger partial charge in [-0.15, -0.1) is 0 Å². The van der Waals surface area contributed by atoms with Gasteiger partial charge in [-0.05, 0) is 66.4 Å². The number of nitrogens with zero attached hydrogens (tertiary/aromatic N) is 2. The number of aliphatic hydroxyl groups excluding tert-OH is 1. The predicted molar refractivity (Wildman–Crippen MR) is 142 cm³/mol. The molecule has 1 amide bonds. The normalized spacial score (nSPS) is 12.7. The van der Waals surface area contributed by atoms with Gasteiger partial charge in [-0.1, -0.05) is 18.2 Å². The zero-order valence-electron chi connectivity index (χ0n) is 21.0. The van der Waals surface area contributed by atoms with Crippen LogP contribution in [0.15, 0.2) is 65.7 Å². The van der Waals surface area contributed by atoms with Crippen LogP contribution in [0.1, 0.15) is 48.6 Å². The summed E-state index contributed by atoms with van der Waals surface area (Å²) in [5.41, 5.74) is 13.3. The van der Waals surface area contributed by atoms with E-state index in [1.54, 1.807) is 42.5 Å². The van der Waals surface area contributed by atoms with E-state index in [4.69, 9.17) is 20.9 Å². The van der Waals surface area contributed by atoms with E-state index in [2.05, 4.69) is 4.99 Å². The average Bonchev–Trinajstić information content (AvgIpc) is 2.90. The number of aliphatic hydroxyl groups is 1. The molecule has 3 aromatic rings. The first-order chi connectivity index (χ1) is 18.8. The third-order valence-electron chi connectivity index (χ3n) is 6.02. The number of carbonyl (C=O) groups is 3. The lowest BCUT2D eigenvalue weighted by Gasteiger charge is -2.24. The van der Waals surface area contributed by atoms with Gasteiger partial charge in [0.05, 0.1) is 35.6 Å². The van der Waals surface area contributed by atoms with Gasteiger partial charge in [-0.3, -0.25) is 4.79 Å². The van der Waals surface area contributed by atoms with Crippen LogP contribution in [0.2, 0.25) is 0 Å². The topological polar surface area (TPSA) is 178 Å². The number of esters is 1. The Bertz CT molecular complexity index is 1430. The standard InChI is InChI=1S/C28H28N4O7/c29-28(30)31-20-9-10-21-18(15-20)6-3-13-38-24-22(7-2-8-23(24)39-27(21)37)25(34)32(11-12-33)16-17-4-1-5-19(14-17)26(35)36/h1-2,4-5,7-10,14-15,33H,3,6,11-13,16H2,(H,35,36)(H4,29,30,31). The molecule has 1 aliphatic heterocycles. The predicted octanol–water partition coefficient (Wildman–Crippen LogP) is 2.47. The van der Waals surface area contributed by atoms with Crippen LogP contribution in [0.4, 0.5) is 5.69 Å². The van der Waals surface area contributed by atoms with Crippen molar-refractivity contribution in [3.63, 3.8) is 0 Å². The number of carbonyl (C=O) groups excluding carboxylic acids is 2. The van der Waals surface area contributed by atoms with Crippen LogP contribution < -0.4 is 20.9 Å². The molecule has 1 aliphatic rings. The maximum absolute atomic E-state index is 13.6. The van der Waals surface area contributed by atoms with Crippen molar-refractivity contribution in [1.82, 2.24) is 4.90 Å². The van der Waals surface area contributed by atoms with Crippen LogP contribution in [0.3, 0.4) is 0 Å². The van der Waals surface area contributed by atoms with E-state index in [0.717, 1.165) is 0 Å². The highest BCUT2D eigenvalue weighted by molar-refractivity contribution is 5.99. The smallest absolute Gasteiger partial charge is 0.343 e. The summed E-state index contributed by atoms with van der Waals surface area (Å²) in [7, 11) is 0. The number of guanidine groups is 1. The van der Waals surface area contributed by atoms with Crippen LogP contribution >= 0.6 is 0 Å². The number of para-hydroxylation sites is 1. The molecule has 0 radical (unpaired) electrons. The summed E-state index contributed by atoms with van der Waals surface area (Å²) in [6.07, 6.45) is 0.996. The van der Waals surface area contributed by atoms with E-state index in [1.807, 2.05) is 0 Å². The Labute approximate surface area is 224 Å². The second-order valence-electron chi connectivity index (χ2n) is 8.81. The third-order valence-corrected chi connectivity index (χ3v) is 6.02. The van der Waals surface area contributed by atoms with Crippen LogP contribution in [-0.2, 0) is 13.0 Å². The monoisotopic (exact) mass is 532 g/mol. The number of rotatable bonds is 7. The van der Waals surface area contributed by atoms with Gasteiger partial charge in [0.25, 0.3) is 5.91 Å². The van der Waals surface area contributed by atoms with Crippen LogP contribution in [0.25, 0.3) is 0 Å². The number of fused-ring (bicyclic) bond motifs is 2. The fraction of sp³-hybridized carbons (Fsp3) is 0.214. The quantitative estimate of drug-likeness (QED) is 0.154. The number of hydrogen-bond donors (Lipinski definition) is 4. The number of carboxylic acid groups (broad SMARTS) is 1. The highest BCUT2D eigenvalue weighted by Gasteiger charge is 2.26. The van der Waals surface area contributed by atoms with Crippen molar-refractivity contribution in [2.75, 3.05) is 19.8 Å². The average molecular weight is 533 g/mol. The van der Waals surface area contributed by atoms with Crippen molar-refractivity contribution < 1.29 is 34.1 Å². The lowest BCUT2D eigenvalue weighted by molar-refractivity contribution is 0.0686. The van der Waals surface area contributed by atoms with E-state index in [0.29, 0.717) is 35.2 Å². The van der Waals surface area contributed by atoms with Crippen LogP contribution in [-0.4, -0.2) is 58.7 Å². The van der Waals surface area contributed by atoms with Gasteiger partial charge in [0, 0.05) is 13.1 Å². The number of benzene rings is 3. The van der Waals surface area contributed by atoms with Gasteiger partial charge >= 0.3 is 11.9 Å². The van der Waals surface area contributed by atoms with Gasteiger partial charge in [0.2, 0.25) is 0 Å². The molecule has 6 N–H and O–H groups in total. The van der Waals surface area contributed by atoms with Crippen molar-refractivity contribution in [1.29, 1.82) is 0 Å². The highest BCUT2D eigenvalue weighted by Crippen LogP contribution is 2.35. The molecule has 0 bridgehead atoms. The molecule has 0 unspecified atom stereocenters. The first kappa shape index (κ1) is 27.1. The number of amides is 1. The van der Waals surface area contributed by atoms with E-state index < -0.39 is 17.8 Å². The largest absolute Gasteiger partial charge is 0.489 e. The van der Waals surface area contributed by atoms with E-state index in [-0.39, 0.29) is 54.9 Å². The highest BCUT2D eigenvalue weighted by atomic mass is 16.6. The first-order valence-electron chi connectivity index (χ1n) is 12.2. The Balaban J connectivity index is 1.65. The maximum Gasteiger partial charge on any atom is 0.343 e. The number of hydrogen-bond acceptors (Lipinski definition) is 7. The summed E-state index contributed by atoms with van der Waals surface area (Å²) in [5.74, 6) is -2.11. The van der Waals surface area contributed by atoms with Crippen molar-refractivity contribution in [3.8, 4) is 11.5 Å². The SMILES string of the molecule is NC(N)=Nc1ccc2c(c1)CCCOc1c(cccc1C(=O)N(CCO)Cc1cccc(C(=O)O)c1)OC2=O. The summed E-state index contributed by atoms with van der Waals surface area (Å²) in [5, 5.41) is 18.9. The molecular weight excluding hydrogens is 504 g/mol. The number of ether oxygens (including phenoxy) is 2. The Morgan fingerprint density at radius 1 is 1.05 bits per heavy atom. The molecule has 0 saturated carbocycles.